The van der Waals surface area contributed by atoms with Crippen molar-refractivity contribution < 1.29 is 9.18 Å². The summed E-state index contributed by atoms with van der Waals surface area (Å²) in [5.74, 6) is -0.946. The lowest BCUT2D eigenvalue weighted by atomic mass is 10.1. The lowest BCUT2D eigenvalue weighted by Gasteiger charge is -2.20. The van der Waals surface area contributed by atoms with Crippen molar-refractivity contribution in [2.24, 2.45) is 5.73 Å². The monoisotopic (exact) mass is 224 g/mol. The molecule has 0 saturated heterocycles. The molecule has 0 saturated carbocycles. The maximum Gasteiger partial charge on any atom is 0.254 e. The average Bonchev–Trinajstić information content (AvgIpc) is 2.14. The second-order valence-corrected chi connectivity index (χ2v) is 4.72. The fraction of sp³-hybridized carbons (Fsp3) is 0.417. The summed E-state index contributed by atoms with van der Waals surface area (Å²) in [6, 6.07) is 4.40. The topological polar surface area (TPSA) is 55.1 Å². The fourth-order valence-corrected chi connectivity index (χ4v) is 1.28. The van der Waals surface area contributed by atoms with E-state index in [2.05, 4.69) is 5.32 Å². The Hall–Kier alpha value is -1.42. The zero-order chi connectivity index (χ0) is 12.3. The van der Waals surface area contributed by atoms with E-state index in [1.54, 1.807) is 6.07 Å². The molecule has 16 heavy (non-hydrogen) atoms. The standard InChI is InChI=1S/C12H17FN2O/c1-12(2,3)15-11(16)9-5-4-8(7-14)6-10(9)13/h4-6H,7,14H2,1-3H3,(H,15,16). The van der Waals surface area contributed by atoms with Gasteiger partial charge in [-0.1, -0.05) is 6.07 Å². The Morgan fingerprint density at radius 1 is 1.44 bits per heavy atom. The summed E-state index contributed by atoms with van der Waals surface area (Å²) in [5.41, 5.74) is 5.72. The molecule has 0 radical (unpaired) electrons. The first kappa shape index (κ1) is 12.6. The van der Waals surface area contributed by atoms with E-state index in [-0.39, 0.29) is 17.6 Å². The lowest BCUT2D eigenvalue weighted by molar-refractivity contribution is 0.0915. The molecule has 88 valence electrons. The minimum atomic E-state index is -0.537. The van der Waals surface area contributed by atoms with Crippen LogP contribution in [0.5, 0.6) is 0 Å². The second kappa shape index (κ2) is 4.61. The van der Waals surface area contributed by atoms with Crippen LogP contribution in [0, 0.1) is 5.82 Å². The first-order valence-corrected chi connectivity index (χ1v) is 5.14. The SMILES string of the molecule is CC(C)(C)NC(=O)c1ccc(CN)cc1F. The van der Waals surface area contributed by atoms with Gasteiger partial charge in [0.25, 0.3) is 5.91 Å². The highest BCUT2D eigenvalue weighted by atomic mass is 19.1. The number of rotatable bonds is 2. The van der Waals surface area contributed by atoms with Gasteiger partial charge in [-0.3, -0.25) is 4.79 Å². The molecule has 0 fully saturated rings. The number of benzene rings is 1. The molecule has 4 heteroatoms. The van der Waals surface area contributed by atoms with Gasteiger partial charge in [0.15, 0.2) is 0 Å². The van der Waals surface area contributed by atoms with Crippen LogP contribution < -0.4 is 11.1 Å². The summed E-state index contributed by atoms with van der Waals surface area (Å²) < 4.78 is 13.5. The van der Waals surface area contributed by atoms with Gasteiger partial charge in [0, 0.05) is 12.1 Å². The summed E-state index contributed by atoms with van der Waals surface area (Å²) in [7, 11) is 0. The van der Waals surface area contributed by atoms with Gasteiger partial charge in [-0.05, 0) is 38.5 Å². The molecule has 0 heterocycles. The Morgan fingerprint density at radius 2 is 2.06 bits per heavy atom. The highest BCUT2D eigenvalue weighted by Crippen LogP contribution is 2.11. The molecule has 0 spiro atoms. The number of nitrogens with one attached hydrogen (secondary N) is 1. The van der Waals surface area contributed by atoms with Gasteiger partial charge in [-0.25, -0.2) is 4.39 Å². The smallest absolute Gasteiger partial charge is 0.254 e. The highest BCUT2D eigenvalue weighted by Gasteiger charge is 2.18. The fourth-order valence-electron chi connectivity index (χ4n) is 1.28. The average molecular weight is 224 g/mol. The predicted octanol–water partition coefficient (Wildman–Crippen LogP) is 1.81. The van der Waals surface area contributed by atoms with Crippen molar-refractivity contribution in [3.63, 3.8) is 0 Å². The van der Waals surface area contributed by atoms with E-state index in [9.17, 15) is 9.18 Å². The van der Waals surface area contributed by atoms with Gasteiger partial charge >= 0.3 is 0 Å². The molecular weight excluding hydrogens is 207 g/mol. The Labute approximate surface area is 94.8 Å². The highest BCUT2D eigenvalue weighted by molar-refractivity contribution is 5.94. The quantitative estimate of drug-likeness (QED) is 0.805. The third kappa shape index (κ3) is 3.31. The van der Waals surface area contributed by atoms with E-state index in [1.807, 2.05) is 20.8 Å². The number of carbonyl (C=O) groups excluding carboxylic acids is 1. The summed E-state index contributed by atoms with van der Waals surface area (Å²) in [5, 5.41) is 2.70. The molecule has 1 aromatic rings. The number of carbonyl (C=O) groups is 1. The minimum Gasteiger partial charge on any atom is -0.347 e. The second-order valence-electron chi connectivity index (χ2n) is 4.72. The van der Waals surface area contributed by atoms with Gasteiger partial charge in [-0.15, -0.1) is 0 Å². The summed E-state index contributed by atoms with van der Waals surface area (Å²) in [4.78, 5) is 11.7. The largest absolute Gasteiger partial charge is 0.347 e. The molecule has 1 aromatic carbocycles. The van der Waals surface area contributed by atoms with Crippen molar-refractivity contribution in [2.75, 3.05) is 0 Å². The van der Waals surface area contributed by atoms with Crippen LogP contribution in [0.25, 0.3) is 0 Å². The maximum atomic E-state index is 13.5. The van der Waals surface area contributed by atoms with Crippen molar-refractivity contribution >= 4 is 5.91 Å². The van der Waals surface area contributed by atoms with Crippen molar-refractivity contribution in [2.45, 2.75) is 32.9 Å². The van der Waals surface area contributed by atoms with E-state index in [1.165, 1.54) is 12.1 Å². The first-order valence-electron chi connectivity index (χ1n) is 5.14. The number of amides is 1. The molecule has 0 unspecified atom stereocenters. The zero-order valence-corrected chi connectivity index (χ0v) is 9.80. The Bertz CT molecular complexity index is 396. The van der Waals surface area contributed by atoms with Crippen LogP contribution in [0.4, 0.5) is 4.39 Å². The van der Waals surface area contributed by atoms with E-state index in [0.29, 0.717) is 5.56 Å². The molecule has 0 aliphatic heterocycles. The molecule has 3 N–H and O–H groups in total. The molecule has 3 nitrogen and oxygen atoms in total. The molecule has 0 aliphatic rings. The Morgan fingerprint density at radius 3 is 2.50 bits per heavy atom. The van der Waals surface area contributed by atoms with E-state index in [4.69, 9.17) is 5.73 Å². The van der Waals surface area contributed by atoms with Crippen LogP contribution in [0.1, 0.15) is 36.7 Å². The van der Waals surface area contributed by atoms with E-state index >= 15 is 0 Å². The number of nitrogens with two attached hydrogens (primary N) is 1. The summed E-state index contributed by atoms with van der Waals surface area (Å²) in [6.45, 7) is 5.79. The number of hydrogen-bond acceptors (Lipinski definition) is 2. The molecule has 0 aliphatic carbocycles. The third-order valence-electron chi connectivity index (χ3n) is 2.00. The Balaban J connectivity index is 2.93. The van der Waals surface area contributed by atoms with E-state index < -0.39 is 11.7 Å². The molecular formula is C12H17FN2O. The number of halogens is 1. The van der Waals surface area contributed by atoms with Gasteiger partial charge < -0.3 is 11.1 Å². The van der Waals surface area contributed by atoms with Crippen LogP contribution in [0.2, 0.25) is 0 Å². The van der Waals surface area contributed by atoms with Crippen molar-refractivity contribution in [1.82, 2.24) is 5.32 Å². The minimum absolute atomic E-state index is 0.0483. The van der Waals surface area contributed by atoms with Crippen LogP contribution in [0.3, 0.4) is 0 Å². The molecule has 1 amide bonds. The first-order chi connectivity index (χ1) is 7.33. The van der Waals surface area contributed by atoms with Crippen molar-refractivity contribution in [3.05, 3.63) is 35.1 Å². The number of hydrogen-bond donors (Lipinski definition) is 2. The maximum absolute atomic E-state index is 13.5. The van der Waals surface area contributed by atoms with Crippen LogP contribution >= 0.6 is 0 Å². The van der Waals surface area contributed by atoms with Gasteiger partial charge in [0.1, 0.15) is 5.82 Å². The molecule has 0 atom stereocenters. The molecule has 0 aromatic heterocycles. The Kier molecular flexibility index (Phi) is 3.65. The van der Waals surface area contributed by atoms with Crippen LogP contribution in [-0.4, -0.2) is 11.4 Å². The van der Waals surface area contributed by atoms with Gasteiger partial charge in [0.05, 0.1) is 5.56 Å². The lowest BCUT2D eigenvalue weighted by Crippen LogP contribution is -2.40. The van der Waals surface area contributed by atoms with Crippen molar-refractivity contribution in [3.8, 4) is 0 Å². The summed E-state index contributed by atoms with van der Waals surface area (Å²) in [6.07, 6.45) is 0. The van der Waals surface area contributed by atoms with E-state index in [0.717, 1.165) is 0 Å². The third-order valence-corrected chi connectivity index (χ3v) is 2.00. The molecule has 1 rings (SSSR count). The normalized spacial score (nSPS) is 11.3. The molecule has 0 bridgehead atoms. The van der Waals surface area contributed by atoms with Gasteiger partial charge in [-0.2, -0.15) is 0 Å². The van der Waals surface area contributed by atoms with Crippen molar-refractivity contribution in [1.29, 1.82) is 0 Å². The predicted molar refractivity (Wildman–Crippen MR) is 61.5 cm³/mol. The zero-order valence-electron chi connectivity index (χ0n) is 9.80. The summed E-state index contributed by atoms with van der Waals surface area (Å²) >= 11 is 0. The van der Waals surface area contributed by atoms with Gasteiger partial charge in [0.2, 0.25) is 0 Å². The van der Waals surface area contributed by atoms with Crippen LogP contribution in [0.15, 0.2) is 18.2 Å². The van der Waals surface area contributed by atoms with Crippen LogP contribution in [-0.2, 0) is 6.54 Å².